The number of halogens is 1. The molecule has 4 rings (SSSR count). The lowest BCUT2D eigenvalue weighted by Gasteiger charge is -2.20. The average molecular weight is 420 g/mol. The number of carbonyl (C=O) groups excluding carboxylic acids is 2. The zero-order valence-corrected chi connectivity index (χ0v) is 16.5. The molecule has 0 N–H and O–H groups in total. The standard InChI is InChI=1S/C20H18ClNO5S/c21-15-9-8-14(20(24)27-18-7-3-6-17(18)23)12-19(15)28(25,26)22-11-10-13-4-1-2-5-16(13)22/h1-2,4-5,8-9,12,18H,3,6-7,10-11H2/t18-/m0/s1. The maximum Gasteiger partial charge on any atom is 0.338 e. The smallest absolute Gasteiger partial charge is 0.338 e. The number of para-hydroxylation sites is 1. The molecule has 2 aromatic rings. The molecule has 0 aromatic heterocycles. The van der Waals surface area contributed by atoms with Gasteiger partial charge in [-0.2, -0.15) is 0 Å². The van der Waals surface area contributed by atoms with E-state index in [4.69, 9.17) is 16.3 Å². The number of benzene rings is 2. The molecule has 0 bridgehead atoms. The number of Topliss-reactive ketones (excluding diaryl/α,β-unsaturated/α-hetero) is 1. The number of rotatable bonds is 4. The van der Waals surface area contributed by atoms with Crippen LogP contribution < -0.4 is 4.31 Å². The average Bonchev–Trinajstić information content (AvgIpc) is 3.28. The van der Waals surface area contributed by atoms with E-state index in [1.54, 1.807) is 12.1 Å². The topological polar surface area (TPSA) is 80.8 Å². The third-order valence-electron chi connectivity index (χ3n) is 5.08. The van der Waals surface area contributed by atoms with Crippen molar-refractivity contribution in [1.82, 2.24) is 0 Å². The van der Waals surface area contributed by atoms with Gasteiger partial charge in [-0.3, -0.25) is 9.10 Å². The van der Waals surface area contributed by atoms with Crippen molar-refractivity contribution < 1.29 is 22.7 Å². The van der Waals surface area contributed by atoms with Crippen LogP contribution in [0.2, 0.25) is 5.02 Å². The Labute approximate surface area is 168 Å². The second-order valence-electron chi connectivity index (χ2n) is 6.85. The number of sulfonamides is 1. The van der Waals surface area contributed by atoms with Gasteiger partial charge in [0.25, 0.3) is 10.0 Å². The van der Waals surface area contributed by atoms with Gasteiger partial charge in [0, 0.05) is 13.0 Å². The van der Waals surface area contributed by atoms with Gasteiger partial charge in [0.1, 0.15) is 4.90 Å². The summed E-state index contributed by atoms with van der Waals surface area (Å²) in [7, 11) is -3.95. The molecule has 0 amide bonds. The summed E-state index contributed by atoms with van der Waals surface area (Å²) in [6, 6.07) is 11.3. The molecule has 0 unspecified atom stereocenters. The van der Waals surface area contributed by atoms with E-state index in [1.165, 1.54) is 22.5 Å². The van der Waals surface area contributed by atoms with E-state index in [0.29, 0.717) is 37.9 Å². The molecule has 1 aliphatic heterocycles. The van der Waals surface area contributed by atoms with E-state index in [0.717, 1.165) is 5.56 Å². The van der Waals surface area contributed by atoms with Gasteiger partial charge in [0.2, 0.25) is 0 Å². The van der Waals surface area contributed by atoms with Gasteiger partial charge in [0.05, 0.1) is 16.3 Å². The third-order valence-corrected chi connectivity index (χ3v) is 7.37. The van der Waals surface area contributed by atoms with Gasteiger partial charge in [0.15, 0.2) is 11.9 Å². The molecule has 2 aromatic carbocycles. The van der Waals surface area contributed by atoms with E-state index >= 15 is 0 Å². The summed E-state index contributed by atoms with van der Waals surface area (Å²) in [5, 5.41) is 0.0258. The molecule has 1 aliphatic carbocycles. The van der Waals surface area contributed by atoms with Gasteiger partial charge in [-0.1, -0.05) is 29.8 Å². The summed E-state index contributed by atoms with van der Waals surface area (Å²) in [5.74, 6) is -0.834. The molecule has 1 fully saturated rings. The molecule has 0 saturated heterocycles. The van der Waals surface area contributed by atoms with Crippen LogP contribution in [0.1, 0.15) is 35.2 Å². The summed E-state index contributed by atoms with van der Waals surface area (Å²) in [4.78, 5) is 24.0. The van der Waals surface area contributed by atoms with Gasteiger partial charge in [-0.25, -0.2) is 13.2 Å². The number of anilines is 1. The summed E-state index contributed by atoms with van der Waals surface area (Å²) in [5.41, 5.74) is 1.61. The number of carbonyl (C=O) groups is 2. The van der Waals surface area contributed by atoms with Crippen LogP contribution in [0.3, 0.4) is 0 Å². The van der Waals surface area contributed by atoms with Crippen LogP contribution in [0.15, 0.2) is 47.4 Å². The lowest BCUT2D eigenvalue weighted by molar-refractivity contribution is -0.124. The lowest BCUT2D eigenvalue weighted by Crippen LogP contribution is -2.29. The minimum absolute atomic E-state index is 0.0258. The molecule has 2 aliphatic rings. The molecular formula is C20H18ClNO5S. The minimum atomic E-state index is -3.95. The monoisotopic (exact) mass is 419 g/mol. The van der Waals surface area contributed by atoms with Crippen LogP contribution in [0.25, 0.3) is 0 Å². The number of ketones is 1. The van der Waals surface area contributed by atoms with Gasteiger partial charge >= 0.3 is 5.97 Å². The number of nitrogens with zero attached hydrogens (tertiary/aromatic N) is 1. The van der Waals surface area contributed by atoms with Crippen LogP contribution >= 0.6 is 11.6 Å². The highest BCUT2D eigenvalue weighted by atomic mass is 35.5. The lowest BCUT2D eigenvalue weighted by atomic mass is 10.2. The Morgan fingerprint density at radius 3 is 2.68 bits per heavy atom. The maximum absolute atomic E-state index is 13.2. The molecule has 6 nitrogen and oxygen atoms in total. The maximum atomic E-state index is 13.2. The van der Waals surface area contributed by atoms with Crippen LogP contribution in [-0.2, 0) is 26.0 Å². The fourth-order valence-electron chi connectivity index (χ4n) is 3.61. The third kappa shape index (κ3) is 3.29. The van der Waals surface area contributed by atoms with Crippen molar-refractivity contribution in [2.75, 3.05) is 10.8 Å². The van der Waals surface area contributed by atoms with E-state index in [1.807, 2.05) is 12.1 Å². The molecular weight excluding hydrogens is 402 g/mol. The fraction of sp³-hybridized carbons (Fsp3) is 0.300. The van der Waals surface area contributed by atoms with Gasteiger partial charge in [-0.05, 0) is 49.1 Å². The number of hydrogen-bond acceptors (Lipinski definition) is 5. The predicted molar refractivity (Wildman–Crippen MR) is 104 cm³/mol. The van der Waals surface area contributed by atoms with E-state index in [2.05, 4.69) is 0 Å². The highest BCUT2D eigenvalue weighted by Crippen LogP contribution is 2.35. The van der Waals surface area contributed by atoms with Gasteiger partial charge in [-0.15, -0.1) is 0 Å². The number of fused-ring (bicyclic) bond motifs is 1. The highest BCUT2D eigenvalue weighted by Gasteiger charge is 2.33. The molecule has 0 spiro atoms. The van der Waals surface area contributed by atoms with Crippen LogP contribution in [0.4, 0.5) is 5.69 Å². The zero-order valence-electron chi connectivity index (χ0n) is 14.9. The van der Waals surface area contributed by atoms with E-state index in [9.17, 15) is 18.0 Å². The molecule has 146 valence electrons. The Kier molecular flexibility index (Phi) is 4.89. The van der Waals surface area contributed by atoms with Crippen molar-refractivity contribution in [2.45, 2.75) is 36.7 Å². The molecule has 1 heterocycles. The molecule has 1 atom stereocenters. The Hall–Kier alpha value is -2.38. The van der Waals surface area contributed by atoms with Crippen molar-refractivity contribution in [2.24, 2.45) is 0 Å². The minimum Gasteiger partial charge on any atom is -0.451 e. The highest BCUT2D eigenvalue weighted by molar-refractivity contribution is 7.93. The first-order valence-corrected chi connectivity index (χ1v) is 10.8. The molecule has 1 saturated carbocycles. The molecule has 28 heavy (non-hydrogen) atoms. The Morgan fingerprint density at radius 2 is 1.93 bits per heavy atom. The van der Waals surface area contributed by atoms with E-state index in [-0.39, 0.29) is 21.3 Å². The summed E-state index contributed by atoms with van der Waals surface area (Å²) in [6.45, 7) is 0.309. The molecule has 8 heteroatoms. The van der Waals surface area contributed by atoms with Crippen molar-refractivity contribution in [3.63, 3.8) is 0 Å². The van der Waals surface area contributed by atoms with Gasteiger partial charge < -0.3 is 4.74 Å². The second-order valence-corrected chi connectivity index (χ2v) is 9.09. The number of ether oxygens (including phenoxy) is 1. The quantitative estimate of drug-likeness (QED) is 0.710. The number of hydrogen-bond donors (Lipinski definition) is 0. The Bertz CT molecular complexity index is 1070. The SMILES string of the molecule is O=C(O[C@H]1CCCC1=O)c1ccc(Cl)c(S(=O)(=O)N2CCc3ccccc32)c1. The first-order chi connectivity index (χ1) is 13.4. The van der Waals surface area contributed by atoms with Crippen LogP contribution in [0.5, 0.6) is 0 Å². The largest absolute Gasteiger partial charge is 0.451 e. The van der Waals surface area contributed by atoms with E-state index < -0.39 is 22.1 Å². The van der Waals surface area contributed by atoms with Crippen LogP contribution in [-0.4, -0.2) is 32.8 Å². The zero-order chi connectivity index (χ0) is 19.9. The Morgan fingerprint density at radius 1 is 1.14 bits per heavy atom. The molecule has 0 radical (unpaired) electrons. The Balaban J connectivity index is 1.65. The normalized spacial score (nSPS) is 19.0. The second kappa shape index (κ2) is 7.22. The van der Waals surface area contributed by atoms with Crippen molar-refractivity contribution in [1.29, 1.82) is 0 Å². The summed E-state index contributed by atoms with van der Waals surface area (Å²) < 4.78 is 33.0. The fourth-order valence-corrected chi connectivity index (χ4v) is 5.62. The van der Waals surface area contributed by atoms with Crippen molar-refractivity contribution in [3.05, 3.63) is 58.6 Å². The summed E-state index contributed by atoms with van der Waals surface area (Å²) in [6.07, 6.45) is 1.43. The van der Waals surface area contributed by atoms with Crippen molar-refractivity contribution in [3.8, 4) is 0 Å². The van der Waals surface area contributed by atoms with Crippen LogP contribution in [0, 0.1) is 0 Å². The van der Waals surface area contributed by atoms with Crippen molar-refractivity contribution >= 4 is 39.1 Å². The first-order valence-electron chi connectivity index (χ1n) is 9.02. The summed E-state index contributed by atoms with van der Waals surface area (Å²) >= 11 is 6.17. The first kappa shape index (κ1) is 19.0. The predicted octanol–water partition coefficient (Wildman–Crippen LogP) is 3.37. The number of esters is 1.